The van der Waals surface area contributed by atoms with Crippen LogP contribution >= 0.6 is 22.7 Å². The first-order valence-electron chi connectivity index (χ1n) is 8.70. The first-order valence-corrected chi connectivity index (χ1v) is 10.5. The Bertz CT molecular complexity index is 1180. The normalized spacial score (nSPS) is 12.5. The maximum absolute atomic E-state index is 5.73. The molecule has 1 aromatic carbocycles. The average molecular weight is 410 g/mol. The number of benzene rings is 1. The molecular weight excluding hydrogens is 390 g/mol. The number of aromatic nitrogens is 1. The lowest BCUT2D eigenvalue weighted by Gasteiger charge is -2.05. The van der Waals surface area contributed by atoms with Gasteiger partial charge in [0.25, 0.3) is 0 Å². The standard InChI is InChI=1S/C21H19N3O2S2/c1-14-10-11-18(26-14)15(2)23-24-17(20-9-6-12-27-20)13-28-21(24)22-16-7-4-5-8-19(16)25-3/h4-13H,1-3H3. The summed E-state index contributed by atoms with van der Waals surface area (Å²) in [6.45, 7) is 3.86. The first-order chi connectivity index (χ1) is 13.7. The molecule has 5 nitrogen and oxygen atoms in total. The van der Waals surface area contributed by atoms with E-state index >= 15 is 0 Å². The predicted octanol–water partition coefficient (Wildman–Crippen LogP) is 5.69. The van der Waals surface area contributed by atoms with Crippen molar-refractivity contribution in [3.05, 3.63) is 75.6 Å². The van der Waals surface area contributed by atoms with E-state index in [0.29, 0.717) is 0 Å². The van der Waals surface area contributed by atoms with Gasteiger partial charge in [0.1, 0.15) is 28.7 Å². The highest BCUT2D eigenvalue weighted by Gasteiger charge is 2.11. The van der Waals surface area contributed by atoms with Crippen LogP contribution in [0.4, 0.5) is 5.69 Å². The zero-order valence-corrected chi connectivity index (χ0v) is 17.4. The van der Waals surface area contributed by atoms with Crippen LogP contribution in [-0.4, -0.2) is 17.5 Å². The molecule has 0 aliphatic rings. The minimum atomic E-state index is 0.725. The Labute approximate surface area is 170 Å². The number of hydrogen-bond acceptors (Lipinski definition) is 6. The summed E-state index contributed by atoms with van der Waals surface area (Å²) in [6, 6.07) is 15.7. The van der Waals surface area contributed by atoms with Crippen LogP contribution < -0.4 is 9.54 Å². The van der Waals surface area contributed by atoms with Gasteiger partial charge in [-0.1, -0.05) is 18.2 Å². The molecule has 0 spiro atoms. The molecule has 4 aromatic rings. The van der Waals surface area contributed by atoms with Gasteiger partial charge in [0.05, 0.1) is 17.7 Å². The van der Waals surface area contributed by atoms with Crippen LogP contribution in [-0.2, 0) is 0 Å². The van der Waals surface area contributed by atoms with Crippen molar-refractivity contribution in [2.75, 3.05) is 7.11 Å². The minimum absolute atomic E-state index is 0.725. The molecule has 142 valence electrons. The van der Waals surface area contributed by atoms with E-state index in [1.807, 2.05) is 61.0 Å². The summed E-state index contributed by atoms with van der Waals surface area (Å²) in [5.41, 5.74) is 2.54. The molecule has 0 unspecified atom stereocenters. The van der Waals surface area contributed by atoms with Gasteiger partial charge < -0.3 is 9.15 Å². The summed E-state index contributed by atoms with van der Waals surface area (Å²) < 4.78 is 13.0. The molecule has 3 aromatic heterocycles. The van der Waals surface area contributed by atoms with Crippen LogP contribution in [0.25, 0.3) is 10.6 Å². The Morgan fingerprint density at radius 3 is 2.64 bits per heavy atom. The van der Waals surface area contributed by atoms with Gasteiger partial charge in [0, 0.05) is 5.38 Å². The molecule has 0 bridgehead atoms. The molecule has 0 saturated heterocycles. The summed E-state index contributed by atoms with van der Waals surface area (Å²) in [7, 11) is 1.65. The lowest BCUT2D eigenvalue weighted by molar-refractivity contribution is 0.416. The van der Waals surface area contributed by atoms with Gasteiger partial charge in [-0.15, -0.1) is 22.7 Å². The molecule has 3 heterocycles. The van der Waals surface area contributed by atoms with Crippen LogP contribution in [0.5, 0.6) is 5.75 Å². The van der Waals surface area contributed by atoms with E-state index in [2.05, 4.69) is 16.8 Å². The molecular formula is C21H19N3O2S2. The molecule has 28 heavy (non-hydrogen) atoms. The summed E-state index contributed by atoms with van der Waals surface area (Å²) in [6.07, 6.45) is 0. The van der Waals surface area contributed by atoms with Crippen molar-refractivity contribution in [2.45, 2.75) is 13.8 Å². The van der Waals surface area contributed by atoms with Crippen molar-refractivity contribution in [1.29, 1.82) is 0 Å². The monoisotopic (exact) mass is 409 g/mol. The molecule has 0 aliphatic heterocycles. The number of para-hydroxylation sites is 2. The molecule has 7 heteroatoms. The second kappa shape index (κ2) is 8.00. The molecule has 0 N–H and O–H groups in total. The maximum atomic E-state index is 5.73. The van der Waals surface area contributed by atoms with E-state index in [1.54, 1.807) is 29.8 Å². The largest absolute Gasteiger partial charge is 0.494 e. The number of ether oxygens (including phenoxy) is 1. The third-order valence-corrected chi connectivity index (χ3v) is 5.82. The fraction of sp³-hybridized carbons (Fsp3) is 0.143. The van der Waals surface area contributed by atoms with E-state index < -0.39 is 0 Å². The van der Waals surface area contributed by atoms with E-state index in [-0.39, 0.29) is 0 Å². The van der Waals surface area contributed by atoms with Gasteiger partial charge in [-0.3, -0.25) is 0 Å². The Balaban J connectivity index is 1.89. The Morgan fingerprint density at radius 2 is 1.93 bits per heavy atom. The Hall–Kier alpha value is -2.90. The lowest BCUT2D eigenvalue weighted by atomic mass is 10.3. The average Bonchev–Trinajstić information content (AvgIpc) is 3.44. The van der Waals surface area contributed by atoms with E-state index in [0.717, 1.165) is 44.0 Å². The van der Waals surface area contributed by atoms with Gasteiger partial charge in [-0.25, -0.2) is 9.67 Å². The van der Waals surface area contributed by atoms with E-state index in [9.17, 15) is 0 Å². The SMILES string of the molecule is COc1ccccc1N=c1scc(-c2cccs2)n1N=C(C)c1ccc(C)o1. The first kappa shape index (κ1) is 18.5. The molecule has 0 radical (unpaired) electrons. The highest BCUT2D eigenvalue weighted by Crippen LogP contribution is 2.28. The van der Waals surface area contributed by atoms with E-state index in [4.69, 9.17) is 19.2 Å². The van der Waals surface area contributed by atoms with Gasteiger partial charge in [0.2, 0.25) is 4.80 Å². The molecule has 0 amide bonds. The number of furan rings is 1. The Morgan fingerprint density at radius 1 is 1.07 bits per heavy atom. The number of methoxy groups -OCH3 is 1. The molecule has 4 rings (SSSR count). The fourth-order valence-corrected chi connectivity index (χ4v) is 4.36. The van der Waals surface area contributed by atoms with E-state index in [1.165, 1.54) is 0 Å². The third kappa shape index (κ3) is 3.72. The third-order valence-electron chi connectivity index (χ3n) is 4.11. The summed E-state index contributed by atoms with van der Waals surface area (Å²) in [4.78, 5) is 6.71. The van der Waals surface area contributed by atoms with Crippen LogP contribution in [0.2, 0.25) is 0 Å². The van der Waals surface area contributed by atoms with Crippen molar-refractivity contribution >= 4 is 34.1 Å². The number of aryl methyl sites for hydroxylation is 1. The highest BCUT2D eigenvalue weighted by atomic mass is 32.1. The van der Waals surface area contributed by atoms with Gasteiger partial charge >= 0.3 is 0 Å². The number of rotatable bonds is 5. The second-order valence-electron chi connectivity index (χ2n) is 6.07. The van der Waals surface area contributed by atoms with Gasteiger partial charge in [-0.05, 0) is 49.6 Å². The topological polar surface area (TPSA) is 52.0 Å². The maximum Gasteiger partial charge on any atom is 0.211 e. The van der Waals surface area contributed by atoms with Crippen LogP contribution in [0.1, 0.15) is 18.4 Å². The predicted molar refractivity (Wildman–Crippen MR) is 115 cm³/mol. The van der Waals surface area contributed by atoms with Gasteiger partial charge in [-0.2, -0.15) is 5.10 Å². The molecule has 0 aliphatic carbocycles. The minimum Gasteiger partial charge on any atom is -0.494 e. The van der Waals surface area contributed by atoms with Crippen LogP contribution in [0.15, 0.2) is 73.8 Å². The summed E-state index contributed by atoms with van der Waals surface area (Å²) in [5, 5.41) is 8.96. The van der Waals surface area contributed by atoms with Crippen LogP contribution in [0.3, 0.4) is 0 Å². The van der Waals surface area contributed by atoms with Crippen molar-refractivity contribution < 1.29 is 9.15 Å². The molecule has 0 atom stereocenters. The zero-order chi connectivity index (χ0) is 19.5. The number of nitrogens with zero attached hydrogens (tertiary/aromatic N) is 3. The molecule has 0 saturated carbocycles. The van der Waals surface area contributed by atoms with Crippen molar-refractivity contribution in [2.24, 2.45) is 10.1 Å². The molecule has 0 fully saturated rings. The summed E-state index contributed by atoms with van der Waals surface area (Å²) >= 11 is 3.21. The number of hydrogen-bond donors (Lipinski definition) is 0. The Kier molecular flexibility index (Phi) is 5.27. The highest BCUT2D eigenvalue weighted by molar-refractivity contribution is 7.14. The number of thiazole rings is 1. The second-order valence-corrected chi connectivity index (χ2v) is 7.86. The van der Waals surface area contributed by atoms with Crippen molar-refractivity contribution in [3.63, 3.8) is 0 Å². The number of thiophene rings is 1. The lowest BCUT2D eigenvalue weighted by Crippen LogP contribution is -2.13. The van der Waals surface area contributed by atoms with Gasteiger partial charge in [0.15, 0.2) is 0 Å². The van der Waals surface area contributed by atoms with Crippen molar-refractivity contribution in [3.8, 4) is 16.3 Å². The quantitative estimate of drug-likeness (QED) is 0.397. The fourth-order valence-electron chi connectivity index (χ4n) is 2.72. The van der Waals surface area contributed by atoms with Crippen LogP contribution in [0, 0.1) is 6.92 Å². The summed E-state index contributed by atoms with van der Waals surface area (Å²) in [5.74, 6) is 2.33. The smallest absolute Gasteiger partial charge is 0.211 e. The zero-order valence-electron chi connectivity index (χ0n) is 15.7. The van der Waals surface area contributed by atoms with Crippen molar-refractivity contribution in [1.82, 2.24) is 4.68 Å².